The number of aryl methyl sites for hydroxylation is 1. The maximum absolute atomic E-state index is 13.0. The van der Waals surface area contributed by atoms with Crippen LogP contribution in [-0.2, 0) is 20.7 Å². The van der Waals surface area contributed by atoms with Gasteiger partial charge in [0.15, 0.2) is 5.17 Å². The Hall–Kier alpha value is -2.35. The number of thioether (sulfide) groups is 1. The quantitative estimate of drug-likeness (QED) is 0.614. The second kappa shape index (κ2) is 10.8. The number of amidine groups is 1. The summed E-state index contributed by atoms with van der Waals surface area (Å²) in [5, 5.41) is 3.49. The Kier molecular flexibility index (Phi) is 8.12. The summed E-state index contributed by atoms with van der Waals surface area (Å²) in [4.78, 5) is 31.9. The fourth-order valence-corrected chi connectivity index (χ4v) is 4.50. The van der Waals surface area contributed by atoms with Gasteiger partial charge in [-0.15, -0.1) is 0 Å². The van der Waals surface area contributed by atoms with E-state index in [9.17, 15) is 9.59 Å². The molecule has 0 radical (unpaired) electrons. The predicted octanol–water partition coefficient (Wildman–Crippen LogP) is 4.82. The molecule has 2 aromatic rings. The van der Waals surface area contributed by atoms with Gasteiger partial charge in [0.2, 0.25) is 11.8 Å². The van der Waals surface area contributed by atoms with Crippen LogP contribution in [0.3, 0.4) is 0 Å². The van der Waals surface area contributed by atoms with Gasteiger partial charge in [0.25, 0.3) is 0 Å². The van der Waals surface area contributed by atoms with Crippen molar-refractivity contribution < 1.29 is 14.3 Å². The zero-order valence-electron chi connectivity index (χ0n) is 17.9. The van der Waals surface area contributed by atoms with Crippen molar-refractivity contribution >= 4 is 51.7 Å². The molecule has 1 aliphatic heterocycles. The zero-order valence-corrected chi connectivity index (χ0v) is 19.4. The van der Waals surface area contributed by atoms with E-state index in [0.717, 1.165) is 17.7 Å². The molecule has 31 heavy (non-hydrogen) atoms. The highest BCUT2D eigenvalue weighted by atomic mass is 35.5. The molecule has 8 heteroatoms. The Morgan fingerprint density at radius 3 is 2.68 bits per heavy atom. The number of nitrogens with one attached hydrogen (secondary N) is 1. The van der Waals surface area contributed by atoms with Crippen LogP contribution in [-0.4, -0.2) is 47.4 Å². The van der Waals surface area contributed by atoms with E-state index in [1.165, 1.54) is 17.3 Å². The van der Waals surface area contributed by atoms with Crippen LogP contribution in [0.1, 0.15) is 24.5 Å². The van der Waals surface area contributed by atoms with Crippen LogP contribution in [0.4, 0.5) is 11.4 Å². The summed E-state index contributed by atoms with van der Waals surface area (Å²) < 4.78 is 5.15. The lowest BCUT2D eigenvalue weighted by molar-refractivity contribution is -0.128. The number of benzene rings is 2. The maximum atomic E-state index is 13.0. The minimum atomic E-state index is -0.537. The Morgan fingerprint density at radius 1 is 1.26 bits per heavy atom. The highest BCUT2D eigenvalue weighted by Gasteiger charge is 2.39. The average Bonchev–Trinajstić information content (AvgIpc) is 3.04. The highest BCUT2D eigenvalue weighted by molar-refractivity contribution is 8.15. The van der Waals surface area contributed by atoms with Crippen LogP contribution in [0.5, 0.6) is 0 Å². The molecule has 6 nitrogen and oxygen atoms in total. The first kappa shape index (κ1) is 23.3. The highest BCUT2D eigenvalue weighted by Crippen LogP contribution is 2.32. The third kappa shape index (κ3) is 5.87. The van der Waals surface area contributed by atoms with Crippen molar-refractivity contribution in [2.24, 2.45) is 4.99 Å². The number of hydrogen-bond acceptors (Lipinski definition) is 5. The summed E-state index contributed by atoms with van der Waals surface area (Å²) >= 11 is 7.44. The molecule has 0 saturated carbocycles. The summed E-state index contributed by atoms with van der Waals surface area (Å²) in [7, 11) is 1.59. The molecule has 1 N–H and O–H groups in total. The summed E-state index contributed by atoms with van der Waals surface area (Å²) in [6, 6.07) is 13.3. The van der Waals surface area contributed by atoms with E-state index in [1.807, 2.05) is 31.2 Å². The van der Waals surface area contributed by atoms with Gasteiger partial charge in [0, 0.05) is 24.2 Å². The number of anilines is 1. The molecule has 0 spiro atoms. The van der Waals surface area contributed by atoms with E-state index in [2.05, 4.69) is 17.2 Å². The molecule has 3 rings (SSSR count). The molecule has 1 unspecified atom stereocenters. The molecule has 0 aliphatic carbocycles. The molecule has 1 heterocycles. The number of halogens is 1. The number of aliphatic imine (C=N–C) groups is 1. The number of ether oxygens (including phenoxy) is 1. The minimum Gasteiger partial charge on any atom is -0.383 e. The van der Waals surface area contributed by atoms with E-state index in [-0.39, 0.29) is 18.2 Å². The number of methoxy groups -OCH3 is 1. The molecule has 0 aromatic heterocycles. The molecule has 0 bridgehead atoms. The molecular formula is C23H26ClN3O3S. The Labute approximate surface area is 192 Å². The summed E-state index contributed by atoms with van der Waals surface area (Å²) in [5.41, 5.74) is 3.44. The number of carbonyl (C=O) groups is 2. The van der Waals surface area contributed by atoms with Gasteiger partial charge in [-0.2, -0.15) is 0 Å². The lowest BCUT2D eigenvalue weighted by Gasteiger charge is -2.16. The number of nitrogens with zero attached hydrogens (tertiary/aromatic N) is 2. The van der Waals surface area contributed by atoms with Crippen molar-refractivity contribution in [3.63, 3.8) is 0 Å². The zero-order chi connectivity index (χ0) is 22.4. The minimum absolute atomic E-state index is 0.0483. The van der Waals surface area contributed by atoms with Gasteiger partial charge in [-0.3, -0.25) is 14.5 Å². The SMILES string of the molecule is CCc1ccc(N=C2SC(CC(=O)Nc3cccc(Cl)c3C)C(=O)N2CCOC)cc1. The van der Waals surface area contributed by atoms with Crippen molar-refractivity contribution in [2.75, 3.05) is 25.6 Å². The van der Waals surface area contributed by atoms with Crippen LogP contribution >= 0.6 is 23.4 Å². The molecule has 1 atom stereocenters. The normalized spacial score (nSPS) is 17.4. The Bertz CT molecular complexity index is 979. The standard InChI is InChI=1S/C23H26ClN3O3S/c1-4-16-8-10-17(11-9-16)25-23-27(12-13-30-3)22(29)20(31-23)14-21(28)26-19-7-5-6-18(24)15(19)2/h5-11,20H,4,12-14H2,1-3H3,(H,26,28). The van der Waals surface area contributed by atoms with Gasteiger partial charge in [-0.25, -0.2) is 4.99 Å². The molecule has 1 aliphatic rings. The van der Waals surface area contributed by atoms with Crippen LogP contribution < -0.4 is 5.32 Å². The summed E-state index contributed by atoms with van der Waals surface area (Å²) in [6.07, 6.45) is 1.00. The molecule has 2 amide bonds. The smallest absolute Gasteiger partial charge is 0.242 e. The van der Waals surface area contributed by atoms with E-state index < -0.39 is 5.25 Å². The molecule has 1 fully saturated rings. The van der Waals surface area contributed by atoms with Crippen LogP contribution in [0.15, 0.2) is 47.5 Å². The molecule has 2 aromatic carbocycles. The van der Waals surface area contributed by atoms with Gasteiger partial charge >= 0.3 is 0 Å². The first-order valence-corrected chi connectivity index (χ1v) is 11.4. The van der Waals surface area contributed by atoms with Crippen molar-refractivity contribution in [3.8, 4) is 0 Å². The van der Waals surface area contributed by atoms with E-state index >= 15 is 0 Å². The second-order valence-corrected chi connectivity index (χ2v) is 8.75. The lowest BCUT2D eigenvalue weighted by atomic mass is 10.2. The Morgan fingerprint density at radius 2 is 2.00 bits per heavy atom. The van der Waals surface area contributed by atoms with Crippen LogP contribution in [0, 0.1) is 6.92 Å². The summed E-state index contributed by atoms with van der Waals surface area (Å²) in [5.74, 6) is -0.375. The van der Waals surface area contributed by atoms with Crippen molar-refractivity contribution in [3.05, 3.63) is 58.6 Å². The lowest BCUT2D eigenvalue weighted by Crippen LogP contribution is -2.35. The first-order valence-electron chi connectivity index (χ1n) is 10.1. The van der Waals surface area contributed by atoms with Crippen LogP contribution in [0.25, 0.3) is 0 Å². The average molecular weight is 460 g/mol. The van der Waals surface area contributed by atoms with Crippen molar-refractivity contribution in [1.29, 1.82) is 0 Å². The monoisotopic (exact) mass is 459 g/mol. The van der Waals surface area contributed by atoms with E-state index in [1.54, 1.807) is 30.2 Å². The maximum Gasteiger partial charge on any atom is 0.242 e. The third-order valence-electron chi connectivity index (χ3n) is 5.02. The first-order chi connectivity index (χ1) is 14.9. The fraction of sp³-hybridized carbons (Fsp3) is 0.348. The van der Waals surface area contributed by atoms with Gasteiger partial charge in [0.1, 0.15) is 5.25 Å². The fourth-order valence-electron chi connectivity index (χ4n) is 3.14. The predicted molar refractivity (Wildman–Crippen MR) is 127 cm³/mol. The number of rotatable bonds is 8. The molecule has 164 valence electrons. The molecule has 1 saturated heterocycles. The van der Waals surface area contributed by atoms with Gasteiger partial charge in [-0.05, 0) is 48.7 Å². The number of amides is 2. The van der Waals surface area contributed by atoms with E-state index in [0.29, 0.717) is 29.0 Å². The number of carbonyl (C=O) groups excluding carboxylic acids is 2. The van der Waals surface area contributed by atoms with Crippen molar-refractivity contribution in [1.82, 2.24) is 4.90 Å². The summed E-state index contributed by atoms with van der Waals surface area (Å²) in [6.45, 7) is 4.72. The topological polar surface area (TPSA) is 71.0 Å². The van der Waals surface area contributed by atoms with Gasteiger partial charge in [-0.1, -0.05) is 48.5 Å². The van der Waals surface area contributed by atoms with Gasteiger partial charge < -0.3 is 10.1 Å². The van der Waals surface area contributed by atoms with E-state index in [4.69, 9.17) is 16.3 Å². The largest absolute Gasteiger partial charge is 0.383 e. The molecular weight excluding hydrogens is 434 g/mol. The van der Waals surface area contributed by atoms with Gasteiger partial charge in [0.05, 0.1) is 18.8 Å². The third-order valence-corrected chi connectivity index (χ3v) is 6.61. The Balaban J connectivity index is 1.74. The van der Waals surface area contributed by atoms with Crippen LogP contribution in [0.2, 0.25) is 5.02 Å². The second-order valence-electron chi connectivity index (χ2n) is 7.17. The number of hydrogen-bond donors (Lipinski definition) is 1. The van der Waals surface area contributed by atoms with Crippen molar-refractivity contribution in [2.45, 2.75) is 31.9 Å².